The minimum Gasteiger partial charge on any atom is -0.379 e. The molecule has 2 aromatic carbocycles. The summed E-state index contributed by atoms with van der Waals surface area (Å²) in [5, 5.41) is 9.09. The van der Waals surface area contributed by atoms with E-state index in [1.807, 2.05) is 6.07 Å². The lowest BCUT2D eigenvalue weighted by Gasteiger charge is -2.27. The summed E-state index contributed by atoms with van der Waals surface area (Å²) < 4.78 is 13.4. The Hall–Kier alpha value is -6.00. The maximum absolute atomic E-state index is 13.3. The Bertz CT molecular complexity index is 2190. The van der Waals surface area contributed by atoms with Crippen LogP contribution in [0.3, 0.4) is 0 Å². The fraction of sp³-hybridized carbons (Fsp3) is 0.415. The zero-order valence-corrected chi connectivity index (χ0v) is 32.0. The zero-order chi connectivity index (χ0) is 40.1. The summed E-state index contributed by atoms with van der Waals surface area (Å²) in [6, 6.07) is 13.2. The lowest BCUT2D eigenvalue weighted by molar-refractivity contribution is -0.136. The van der Waals surface area contributed by atoms with Crippen LogP contribution in [0.4, 0.5) is 11.6 Å². The maximum atomic E-state index is 13.3. The van der Waals surface area contributed by atoms with E-state index in [9.17, 15) is 28.8 Å². The molecule has 6 amide bonds. The number of carbonyl (C=O) groups is 6. The van der Waals surface area contributed by atoms with Crippen molar-refractivity contribution in [3.63, 3.8) is 0 Å². The monoisotopic (exact) mass is 778 g/mol. The first-order valence-electron chi connectivity index (χ1n) is 19.3. The first-order chi connectivity index (χ1) is 27.6. The molecule has 2 aliphatic heterocycles. The van der Waals surface area contributed by atoms with Crippen LogP contribution >= 0.6 is 0 Å². The first-order valence-corrected chi connectivity index (χ1v) is 19.3. The van der Waals surface area contributed by atoms with Crippen LogP contribution in [-0.2, 0) is 25.5 Å². The number of hydrogen-bond acceptors (Lipinski definition) is 11. The number of imide groups is 2. The molecule has 2 fully saturated rings. The van der Waals surface area contributed by atoms with E-state index >= 15 is 0 Å². The van der Waals surface area contributed by atoms with Crippen LogP contribution < -0.4 is 16.0 Å². The Balaban J connectivity index is 0.809. The number of aromatic nitrogens is 3. The van der Waals surface area contributed by atoms with Gasteiger partial charge in [0.15, 0.2) is 0 Å². The highest BCUT2D eigenvalue weighted by molar-refractivity contribution is 6.24. The molecule has 0 radical (unpaired) electrons. The summed E-state index contributed by atoms with van der Waals surface area (Å²) >= 11 is 0. The number of carbonyl (C=O) groups excluding carboxylic acids is 6. The average molecular weight is 779 g/mol. The summed E-state index contributed by atoms with van der Waals surface area (Å²) in [4.78, 5) is 87.8. The quantitative estimate of drug-likeness (QED) is 0.111. The molecule has 1 aliphatic carbocycles. The van der Waals surface area contributed by atoms with Gasteiger partial charge in [-0.25, -0.2) is 4.98 Å². The Morgan fingerprint density at radius 3 is 2.42 bits per heavy atom. The summed E-state index contributed by atoms with van der Waals surface area (Å²) in [6.45, 7) is 1.69. The van der Waals surface area contributed by atoms with Crippen LogP contribution in [0, 0.1) is 0 Å². The van der Waals surface area contributed by atoms with Gasteiger partial charge in [0.25, 0.3) is 23.6 Å². The summed E-state index contributed by atoms with van der Waals surface area (Å²) in [5.74, 6) is -2.00. The molecule has 1 unspecified atom stereocenters. The van der Waals surface area contributed by atoms with E-state index < -0.39 is 29.7 Å². The molecule has 1 atom stereocenters. The van der Waals surface area contributed by atoms with Crippen molar-refractivity contribution in [1.29, 1.82) is 0 Å². The molecule has 0 spiro atoms. The second-order valence-corrected chi connectivity index (χ2v) is 14.6. The second kappa shape index (κ2) is 17.4. The molecule has 0 bridgehead atoms. The van der Waals surface area contributed by atoms with E-state index in [0.29, 0.717) is 79.8 Å². The van der Waals surface area contributed by atoms with Gasteiger partial charge in [-0.3, -0.25) is 39.0 Å². The zero-order valence-electron chi connectivity index (χ0n) is 32.0. The van der Waals surface area contributed by atoms with E-state index in [1.165, 1.54) is 0 Å². The topological polar surface area (TPSA) is 194 Å². The van der Waals surface area contributed by atoms with E-state index in [4.69, 9.17) is 14.5 Å². The number of anilines is 2. The van der Waals surface area contributed by atoms with Crippen molar-refractivity contribution in [2.75, 3.05) is 52.4 Å². The van der Waals surface area contributed by atoms with Crippen molar-refractivity contribution in [1.82, 2.24) is 35.0 Å². The molecule has 298 valence electrons. The summed E-state index contributed by atoms with van der Waals surface area (Å²) in [5.41, 5.74) is 3.80. The number of nitrogens with one attached hydrogen (secondary N) is 3. The fourth-order valence-corrected chi connectivity index (χ4v) is 7.65. The predicted octanol–water partition coefficient (Wildman–Crippen LogP) is 3.79. The van der Waals surface area contributed by atoms with Crippen molar-refractivity contribution in [2.24, 2.45) is 0 Å². The van der Waals surface area contributed by atoms with Gasteiger partial charge in [0.2, 0.25) is 17.8 Å². The number of rotatable bonds is 16. The van der Waals surface area contributed by atoms with Gasteiger partial charge in [0.1, 0.15) is 17.4 Å². The Morgan fingerprint density at radius 2 is 1.68 bits per heavy atom. The summed E-state index contributed by atoms with van der Waals surface area (Å²) in [7, 11) is 3.49. The number of benzene rings is 2. The van der Waals surface area contributed by atoms with Crippen LogP contribution in [0.2, 0.25) is 0 Å². The number of hydrogen-bond donors (Lipinski definition) is 3. The van der Waals surface area contributed by atoms with Gasteiger partial charge in [-0.2, -0.15) is 4.98 Å². The molecule has 16 heteroatoms. The molecule has 4 aromatic rings. The Labute approximate surface area is 329 Å². The van der Waals surface area contributed by atoms with Crippen molar-refractivity contribution in [2.45, 2.75) is 63.5 Å². The van der Waals surface area contributed by atoms with Gasteiger partial charge >= 0.3 is 0 Å². The van der Waals surface area contributed by atoms with Crippen LogP contribution in [0.5, 0.6) is 0 Å². The van der Waals surface area contributed by atoms with E-state index in [-0.39, 0.29) is 36.3 Å². The highest BCUT2D eigenvalue weighted by atomic mass is 16.5. The normalized spacial score (nSPS) is 16.9. The minimum atomic E-state index is -1.00. The van der Waals surface area contributed by atoms with E-state index in [1.54, 1.807) is 67.7 Å². The average Bonchev–Trinajstić information content (AvgIpc) is 3.92. The largest absolute Gasteiger partial charge is 0.379 e. The van der Waals surface area contributed by atoms with Crippen molar-refractivity contribution in [3.05, 3.63) is 82.7 Å². The number of amides is 6. The van der Waals surface area contributed by atoms with E-state index in [0.717, 1.165) is 41.6 Å². The first kappa shape index (κ1) is 39.2. The van der Waals surface area contributed by atoms with Gasteiger partial charge in [0, 0.05) is 62.5 Å². The standard InChI is InChI=1S/C41H46N8O8/c1-47(2)39(54)32-23-27-24-43-41(46-35(27)48(32)29-9-3-4-10-29)44-28-14-12-26(13-15-28)36(51)42-18-20-57-22-21-56-19-6-8-25-7-5-11-30-34(25)40(55)49(38(30)53)31-16-17-33(50)45-37(31)52/h5,7,11-15,23-24,29,31H,3-4,6,8-10,16-22H2,1-2H3,(H,42,51)(H,43,44,46)(H,45,50,52). The second-order valence-electron chi connectivity index (χ2n) is 14.6. The maximum Gasteiger partial charge on any atom is 0.270 e. The van der Waals surface area contributed by atoms with Crippen LogP contribution in [0.25, 0.3) is 11.0 Å². The lowest BCUT2D eigenvalue weighted by atomic mass is 9.99. The van der Waals surface area contributed by atoms with Crippen molar-refractivity contribution in [3.8, 4) is 0 Å². The van der Waals surface area contributed by atoms with Gasteiger partial charge < -0.3 is 29.6 Å². The van der Waals surface area contributed by atoms with Gasteiger partial charge in [-0.1, -0.05) is 25.0 Å². The number of ether oxygens (including phenoxy) is 2. The minimum absolute atomic E-state index is 0.0646. The molecular weight excluding hydrogens is 732 g/mol. The number of piperidine rings is 1. The lowest BCUT2D eigenvalue weighted by Crippen LogP contribution is -2.54. The van der Waals surface area contributed by atoms with Crippen LogP contribution in [0.1, 0.15) is 98.1 Å². The number of nitrogens with zero attached hydrogens (tertiary/aromatic N) is 5. The molecule has 57 heavy (non-hydrogen) atoms. The Kier molecular flexibility index (Phi) is 12.0. The third-order valence-electron chi connectivity index (χ3n) is 10.5. The molecule has 3 N–H and O–H groups in total. The molecule has 4 heterocycles. The fourth-order valence-electron chi connectivity index (χ4n) is 7.65. The van der Waals surface area contributed by atoms with Gasteiger partial charge in [-0.05, 0) is 74.1 Å². The highest BCUT2D eigenvalue weighted by Crippen LogP contribution is 2.35. The van der Waals surface area contributed by atoms with Crippen LogP contribution in [0.15, 0.2) is 54.7 Å². The Morgan fingerprint density at radius 1 is 0.930 bits per heavy atom. The molecule has 1 saturated heterocycles. The molecule has 1 saturated carbocycles. The van der Waals surface area contributed by atoms with Gasteiger partial charge in [0.05, 0.1) is 30.9 Å². The smallest absolute Gasteiger partial charge is 0.270 e. The molecule has 7 rings (SSSR count). The van der Waals surface area contributed by atoms with Crippen molar-refractivity contribution >= 4 is 58.1 Å². The van der Waals surface area contributed by atoms with E-state index in [2.05, 4.69) is 25.5 Å². The number of aryl methyl sites for hydroxylation is 1. The molecular formula is C41H46N8O8. The molecule has 2 aromatic heterocycles. The predicted molar refractivity (Wildman–Crippen MR) is 208 cm³/mol. The SMILES string of the molecule is CN(C)C(=O)c1cc2cnc(Nc3ccc(C(=O)NCCOCCOCCCc4cccc5c4C(=O)N(C4CCC(=O)NC4=O)C5=O)cc3)nc2n1C1CCCC1. The van der Waals surface area contributed by atoms with Crippen LogP contribution in [-0.4, -0.2) is 113 Å². The summed E-state index contributed by atoms with van der Waals surface area (Å²) in [6.07, 6.45) is 7.24. The highest BCUT2D eigenvalue weighted by Gasteiger charge is 2.45. The number of fused-ring (bicyclic) bond motifs is 2. The third-order valence-corrected chi connectivity index (χ3v) is 10.5. The third kappa shape index (κ3) is 8.56. The molecule has 3 aliphatic rings. The molecule has 16 nitrogen and oxygen atoms in total. The van der Waals surface area contributed by atoms with Gasteiger partial charge in [-0.15, -0.1) is 0 Å². The van der Waals surface area contributed by atoms with Crippen molar-refractivity contribution < 1.29 is 38.2 Å².